The highest BCUT2D eigenvalue weighted by atomic mass is 35.5. The smallest absolute Gasteiger partial charge is 0.255 e. The van der Waals surface area contributed by atoms with Gasteiger partial charge in [-0.2, -0.15) is 5.10 Å². The lowest BCUT2D eigenvalue weighted by Gasteiger charge is -2.32. The summed E-state index contributed by atoms with van der Waals surface area (Å²) in [4.78, 5) is 18.5. The number of halogens is 1. The predicted octanol–water partition coefficient (Wildman–Crippen LogP) is 3.29. The molecule has 1 amide bonds. The Labute approximate surface area is 173 Å². The van der Waals surface area contributed by atoms with Crippen LogP contribution in [0.1, 0.15) is 27.8 Å². The molecule has 3 aromatic rings. The fraction of sp³-hybridized carbons (Fsp3) is 0.286. The van der Waals surface area contributed by atoms with Crippen LogP contribution in [-0.2, 0) is 11.2 Å². The molecule has 0 bridgehead atoms. The van der Waals surface area contributed by atoms with Crippen molar-refractivity contribution in [2.24, 2.45) is 0 Å². The van der Waals surface area contributed by atoms with Crippen molar-refractivity contribution in [1.29, 1.82) is 0 Å². The van der Waals surface area contributed by atoms with Gasteiger partial charge in [0.25, 0.3) is 5.91 Å². The SMILES string of the molecule is O=C(c1cccnc1)N1CCO[C@H](c2cc(CCOc3cccc(Cl)c3)[nH]n2)C1. The standard InChI is InChI=1S/C21H21ClN4O3/c22-16-4-1-5-18(11-16)28-9-6-17-12-19(25-24-17)20-14-26(8-10-29-20)21(27)15-3-2-7-23-13-15/h1-5,7,11-13,20H,6,8-10,14H2,(H,24,25)/t20-/m0/s1. The Bertz CT molecular complexity index is 963. The molecule has 0 aliphatic carbocycles. The molecule has 0 spiro atoms. The van der Waals surface area contributed by atoms with Crippen molar-refractivity contribution in [3.05, 3.63) is 76.8 Å². The second-order valence-electron chi connectivity index (χ2n) is 6.73. The van der Waals surface area contributed by atoms with Crippen LogP contribution in [0.2, 0.25) is 5.02 Å². The van der Waals surface area contributed by atoms with E-state index in [0.717, 1.165) is 17.1 Å². The Morgan fingerprint density at radius 3 is 3.07 bits per heavy atom. The lowest BCUT2D eigenvalue weighted by Crippen LogP contribution is -2.42. The number of hydrogen-bond acceptors (Lipinski definition) is 5. The topological polar surface area (TPSA) is 80.3 Å². The summed E-state index contributed by atoms with van der Waals surface area (Å²) in [6.45, 7) is 1.97. The van der Waals surface area contributed by atoms with Gasteiger partial charge in [-0.1, -0.05) is 17.7 Å². The Morgan fingerprint density at radius 1 is 1.31 bits per heavy atom. The van der Waals surface area contributed by atoms with Gasteiger partial charge in [0.1, 0.15) is 11.9 Å². The van der Waals surface area contributed by atoms with Gasteiger partial charge in [0.2, 0.25) is 0 Å². The number of aromatic nitrogens is 3. The zero-order valence-corrected chi connectivity index (χ0v) is 16.5. The Kier molecular flexibility index (Phi) is 6.07. The van der Waals surface area contributed by atoms with Crippen molar-refractivity contribution in [3.8, 4) is 5.75 Å². The molecule has 7 nitrogen and oxygen atoms in total. The molecule has 8 heteroatoms. The number of nitrogens with one attached hydrogen (secondary N) is 1. The summed E-state index contributed by atoms with van der Waals surface area (Å²) in [5.74, 6) is 0.689. The number of carbonyl (C=O) groups is 1. The zero-order valence-electron chi connectivity index (χ0n) is 15.8. The number of ether oxygens (including phenoxy) is 2. The second kappa shape index (κ2) is 9.07. The molecule has 3 heterocycles. The number of rotatable bonds is 6. The van der Waals surface area contributed by atoms with Gasteiger partial charge in [0.05, 0.1) is 31.0 Å². The molecule has 1 N–H and O–H groups in total. The van der Waals surface area contributed by atoms with Crippen LogP contribution in [0.25, 0.3) is 0 Å². The second-order valence-corrected chi connectivity index (χ2v) is 7.16. The molecule has 1 fully saturated rings. The fourth-order valence-electron chi connectivity index (χ4n) is 3.19. The fourth-order valence-corrected chi connectivity index (χ4v) is 3.37. The molecule has 0 saturated carbocycles. The number of morpholine rings is 1. The molecule has 1 saturated heterocycles. The van der Waals surface area contributed by atoms with E-state index in [0.29, 0.717) is 43.3 Å². The summed E-state index contributed by atoms with van der Waals surface area (Å²) < 4.78 is 11.6. The van der Waals surface area contributed by atoms with E-state index in [1.807, 2.05) is 24.3 Å². The molecular weight excluding hydrogens is 392 g/mol. The highest BCUT2D eigenvalue weighted by Crippen LogP contribution is 2.23. The number of aromatic amines is 1. The van der Waals surface area contributed by atoms with E-state index in [1.54, 1.807) is 35.5 Å². The Morgan fingerprint density at radius 2 is 2.24 bits per heavy atom. The number of hydrogen-bond donors (Lipinski definition) is 1. The summed E-state index contributed by atoms with van der Waals surface area (Å²) in [6.07, 6.45) is 3.65. The highest BCUT2D eigenvalue weighted by Gasteiger charge is 2.27. The van der Waals surface area contributed by atoms with Crippen LogP contribution in [0.3, 0.4) is 0 Å². The van der Waals surface area contributed by atoms with E-state index < -0.39 is 0 Å². The maximum atomic E-state index is 12.7. The number of amides is 1. The van der Waals surface area contributed by atoms with E-state index in [1.165, 1.54) is 0 Å². The largest absolute Gasteiger partial charge is 0.493 e. The first kappa shape index (κ1) is 19.4. The van der Waals surface area contributed by atoms with E-state index in [4.69, 9.17) is 21.1 Å². The summed E-state index contributed by atoms with van der Waals surface area (Å²) >= 11 is 5.96. The first-order valence-electron chi connectivity index (χ1n) is 9.42. The summed E-state index contributed by atoms with van der Waals surface area (Å²) in [5, 5.41) is 8.04. The molecule has 1 atom stereocenters. The van der Waals surface area contributed by atoms with Gasteiger partial charge in [0, 0.05) is 36.1 Å². The minimum absolute atomic E-state index is 0.0444. The summed E-state index contributed by atoms with van der Waals surface area (Å²) in [5.41, 5.74) is 2.31. The van der Waals surface area contributed by atoms with Gasteiger partial charge >= 0.3 is 0 Å². The third kappa shape index (κ3) is 4.93. The number of nitrogens with zero attached hydrogens (tertiary/aromatic N) is 3. The lowest BCUT2D eigenvalue weighted by molar-refractivity contribution is -0.0247. The van der Waals surface area contributed by atoms with Crippen LogP contribution in [0.5, 0.6) is 5.75 Å². The molecule has 1 aromatic carbocycles. The van der Waals surface area contributed by atoms with Gasteiger partial charge < -0.3 is 14.4 Å². The Balaban J connectivity index is 1.33. The van der Waals surface area contributed by atoms with Crippen LogP contribution in [0.15, 0.2) is 54.9 Å². The molecule has 4 rings (SSSR count). The van der Waals surface area contributed by atoms with Crippen LogP contribution in [-0.4, -0.2) is 52.3 Å². The Hall–Kier alpha value is -2.90. The van der Waals surface area contributed by atoms with E-state index in [9.17, 15) is 4.79 Å². The van der Waals surface area contributed by atoms with Crippen LogP contribution < -0.4 is 4.74 Å². The van der Waals surface area contributed by atoms with Crippen molar-refractivity contribution in [1.82, 2.24) is 20.1 Å². The quantitative estimate of drug-likeness (QED) is 0.672. The average molecular weight is 413 g/mol. The predicted molar refractivity (Wildman–Crippen MR) is 108 cm³/mol. The molecule has 29 heavy (non-hydrogen) atoms. The minimum atomic E-state index is -0.261. The van der Waals surface area contributed by atoms with Crippen LogP contribution >= 0.6 is 11.6 Å². The van der Waals surface area contributed by atoms with E-state index in [2.05, 4.69) is 15.2 Å². The van der Waals surface area contributed by atoms with Gasteiger partial charge in [-0.25, -0.2) is 0 Å². The lowest BCUT2D eigenvalue weighted by atomic mass is 10.1. The molecule has 2 aromatic heterocycles. The average Bonchev–Trinajstić information content (AvgIpc) is 3.23. The molecule has 150 valence electrons. The third-order valence-corrected chi connectivity index (χ3v) is 4.91. The normalized spacial score (nSPS) is 16.6. The summed E-state index contributed by atoms with van der Waals surface area (Å²) in [7, 11) is 0. The van der Waals surface area contributed by atoms with Crippen LogP contribution in [0, 0.1) is 0 Å². The molecule has 0 radical (unpaired) electrons. The number of H-pyrrole nitrogens is 1. The van der Waals surface area contributed by atoms with E-state index >= 15 is 0 Å². The van der Waals surface area contributed by atoms with Gasteiger partial charge in [-0.15, -0.1) is 0 Å². The molecule has 1 aliphatic heterocycles. The molecule has 0 unspecified atom stereocenters. The zero-order chi connectivity index (χ0) is 20.1. The minimum Gasteiger partial charge on any atom is -0.493 e. The van der Waals surface area contributed by atoms with Crippen molar-refractivity contribution in [2.75, 3.05) is 26.3 Å². The van der Waals surface area contributed by atoms with Crippen molar-refractivity contribution < 1.29 is 14.3 Å². The maximum Gasteiger partial charge on any atom is 0.255 e. The van der Waals surface area contributed by atoms with Gasteiger partial charge in [0.15, 0.2) is 0 Å². The van der Waals surface area contributed by atoms with Gasteiger partial charge in [-0.05, 0) is 36.4 Å². The van der Waals surface area contributed by atoms with E-state index in [-0.39, 0.29) is 12.0 Å². The summed E-state index contributed by atoms with van der Waals surface area (Å²) in [6, 6.07) is 12.8. The molecule has 1 aliphatic rings. The van der Waals surface area contributed by atoms with Gasteiger partial charge in [-0.3, -0.25) is 14.9 Å². The highest BCUT2D eigenvalue weighted by molar-refractivity contribution is 6.30. The first-order chi connectivity index (χ1) is 14.2. The monoisotopic (exact) mass is 412 g/mol. The third-order valence-electron chi connectivity index (χ3n) is 4.68. The molecular formula is C21H21ClN4O3. The van der Waals surface area contributed by atoms with Crippen molar-refractivity contribution >= 4 is 17.5 Å². The van der Waals surface area contributed by atoms with Crippen molar-refractivity contribution in [2.45, 2.75) is 12.5 Å². The maximum absolute atomic E-state index is 12.7. The number of benzene rings is 1. The number of pyridine rings is 1. The number of carbonyl (C=O) groups excluding carboxylic acids is 1. The first-order valence-corrected chi connectivity index (χ1v) is 9.80. The van der Waals surface area contributed by atoms with Crippen LogP contribution in [0.4, 0.5) is 0 Å². The van der Waals surface area contributed by atoms with Crippen molar-refractivity contribution in [3.63, 3.8) is 0 Å².